The minimum atomic E-state index is -0.501. The number of ether oxygens (including phenoxy) is 1. The van der Waals surface area contributed by atoms with Crippen LogP contribution in [-0.2, 0) is 16.0 Å². The molecule has 4 heteroatoms. The molecule has 1 aromatic heterocycles. The Labute approximate surface area is 94.6 Å². The Hall–Kier alpha value is -1.71. The molecule has 0 aliphatic rings. The van der Waals surface area contributed by atoms with Gasteiger partial charge in [-0.1, -0.05) is 0 Å². The minimum absolute atomic E-state index is 0.0823. The van der Waals surface area contributed by atoms with Crippen LogP contribution >= 0.6 is 0 Å². The number of esters is 1. The Bertz CT molecular complexity index is 393. The van der Waals surface area contributed by atoms with Crippen molar-refractivity contribution in [2.75, 3.05) is 0 Å². The lowest BCUT2D eigenvalue weighted by Crippen LogP contribution is -2.25. The van der Waals surface area contributed by atoms with Gasteiger partial charge >= 0.3 is 5.97 Å². The quantitative estimate of drug-likeness (QED) is 0.576. The summed E-state index contributed by atoms with van der Waals surface area (Å²) in [6.07, 6.45) is 2.31. The van der Waals surface area contributed by atoms with Crippen LogP contribution in [0.5, 0.6) is 0 Å². The minimum Gasteiger partial charge on any atom is -0.460 e. The molecule has 0 saturated heterocycles. The molecule has 0 atom stereocenters. The fourth-order valence-electron chi connectivity index (χ4n) is 1.19. The van der Waals surface area contributed by atoms with Gasteiger partial charge in [0, 0.05) is 11.8 Å². The lowest BCUT2D eigenvalue weighted by atomic mass is 10.2. The van der Waals surface area contributed by atoms with Gasteiger partial charge in [0.1, 0.15) is 11.9 Å². The number of nitrogens with zero attached hydrogens (tertiary/aromatic N) is 1. The SMILES string of the molecule is CC(C)(C)OC(=O)Cc1cc(C=O)ccn1. The van der Waals surface area contributed by atoms with Gasteiger partial charge in [-0.25, -0.2) is 0 Å². The summed E-state index contributed by atoms with van der Waals surface area (Å²) in [5.41, 5.74) is 0.548. The van der Waals surface area contributed by atoms with Crippen molar-refractivity contribution in [2.24, 2.45) is 0 Å². The third kappa shape index (κ3) is 4.21. The van der Waals surface area contributed by atoms with Crippen LogP contribution in [0.2, 0.25) is 0 Å². The number of carbonyl (C=O) groups is 2. The number of hydrogen-bond donors (Lipinski definition) is 0. The predicted molar refractivity (Wildman–Crippen MR) is 59.2 cm³/mol. The first kappa shape index (κ1) is 12.4. The second-order valence-electron chi connectivity index (χ2n) is 4.46. The zero-order valence-electron chi connectivity index (χ0n) is 9.69. The third-order valence-electron chi connectivity index (χ3n) is 1.72. The molecule has 0 radical (unpaired) electrons. The summed E-state index contributed by atoms with van der Waals surface area (Å²) in [4.78, 5) is 26.0. The first-order chi connectivity index (χ1) is 7.40. The van der Waals surface area contributed by atoms with E-state index >= 15 is 0 Å². The smallest absolute Gasteiger partial charge is 0.312 e. The van der Waals surface area contributed by atoms with E-state index in [1.54, 1.807) is 32.9 Å². The molecule has 16 heavy (non-hydrogen) atoms. The topological polar surface area (TPSA) is 56.3 Å². The monoisotopic (exact) mass is 221 g/mol. The first-order valence-electron chi connectivity index (χ1n) is 5.03. The van der Waals surface area contributed by atoms with Crippen LogP contribution < -0.4 is 0 Å². The molecule has 1 heterocycles. The summed E-state index contributed by atoms with van der Waals surface area (Å²) in [5.74, 6) is -0.344. The van der Waals surface area contributed by atoms with Crippen molar-refractivity contribution in [3.05, 3.63) is 29.6 Å². The van der Waals surface area contributed by atoms with Crippen molar-refractivity contribution in [1.82, 2.24) is 4.98 Å². The van der Waals surface area contributed by atoms with Crippen molar-refractivity contribution in [1.29, 1.82) is 0 Å². The molecule has 0 amide bonds. The average molecular weight is 221 g/mol. The Morgan fingerprint density at radius 1 is 1.50 bits per heavy atom. The number of pyridine rings is 1. The molecule has 0 N–H and O–H groups in total. The van der Waals surface area contributed by atoms with Crippen molar-refractivity contribution in [3.63, 3.8) is 0 Å². The Kier molecular flexibility index (Phi) is 3.77. The second kappa shape index (κ2) is 4.88. The van der Waals surface area contributed by atoms with Gasteiger partial charge in [0.25, 0.3) is 0 Å². The fraction of sp³-hybridized carbons (Fsp3) is 0.417. The summed E-state index contributed by atoms with van der Waals surface area (Å²) in [5, 5.41) is 0. The van der Waals surface area contributed by atoms with Gasteiger partial charge in [-0.15, -0.1) is 0 Å². The van der Waals surface area contributed by atoms with Crippen LogP contribution in [-0.4, -0.2) is 22.8 Å². The molecule has 4 nitrogen and oxygen atoms in total. The number of hydrogen-bond acceptors (Lipinski definition) is 4. The highest BCUT2D eigenvalue weighted by Crippen LogP contribution is 2.09. The zero-order valence-corrected chi connectivity index (χ0v) is 9.69. The van der Waals surface area contributed by atoms with E-state index in [-0.39, 0.29) is 12.4 Å². The first-order valence-corrected chi connectivity index (χ1v) is 5.03. The van der Waals surface area contributed by atoms with E-state index in [2.05, 4.69) is 4.98 Å². The van der Waals surface area contributed by atoms with Gasteiger partial charge in [-0.3, -0.25) is 14.6 Å². The molecule has 86 valence electrons. The van der Waals surface area contributed by atoms with E-state index in [9.17, 15) is 9.59 Å². The molecule has 0 saturated carbocycles. The molecule has 0 fully saturated rings. The van der Waals surface area contributed by atoms with E-state index in [0.29, 0.717) is 11.3 Å². The highest BCUT2D eigenvalue weighted by molar-refractivity contribution is 5.76. The highest BCUT2D eigenvalue weighted by atomic mass is 16.6. The zero-order chi connectivity index (χ0) is 12.2. The fourth-order valence-corrected chi connectivity index (χ4v) is 1.19. The van der Waals surface area contributed by atoms with Gasteiger partial charge in [0.2, 0.25) is 0 Å². The van der Waals surface area contributed by atoms with Crippen molar-refractivity contribution < 1.29 is 14.3 Å². The molecule has 0 bridgehead atoms. The molecule has 0 aliphatic carbocycles. The summed E-state index contributed by atoms with van der Waals surface area (Å²) < 4.78 is 5.15. The highest BCUT2D eigenvalue weighted by Gasteiger charge is 2.16. The number of carbonyl (C=O) groups excluding carboxylic acids is 2. The van der Waals surface area contributed by atoms with E-state index in [4.69, 9.17) is 4.74 Å². The lowest BCUT2D eigenvalue weighted by molar-refractivity contribution is -0.153. The number of aromatic nitrogens is 1. The Balaban J connectivity index is 2.66. The predicted octanol–water partition coefficient (Wildman–Crippen LogP) is 1.78. The van der Waals surface area contributed by atoms with E-state index < -0.39 is 5.60 Å². The van der Waals surface area contributed by atoms with Crippen LogP contribution in [0.1, 0.15) is 36.8 Å². The maximum Gasteiger partial charge on any atom is 0.312 e. The lowest BCUT2D eigenvalue weighted by Gasteiger charge is -2.19. The van der Waals surface area contributed by atoms with E-state index in [0.717, 1.165) is 6.29 Å². The molecular weight excluding hydrogens is 206 g/mol. The van der Waals surface area contributed by atoms with Gasteiger partial charge in [0.05, 0.1) is 12.1 Å². The van der Waals surface area contributed by atoms with E-state index in [1.165, 1.54) is 6.20 Å². The number of aldehydes is 1. The van der Waals surface area contributed by atoms with Crippen LogP contribution in [0.4, 0.5) is 0 Å². The summed E-state index contributed by atoms with van der Waals surface area (Å²) in [6, 6.07) is 3.17. The Morgan fingerprint density at radius 2 is 2.19 bits per heavy atom. The normalized spacial score (nSPS) is 10.9. The average Bonchev–Trinajstić information content (AvgIpc) is 2.15. The van der Waals surface area contributed by atoms with Crippen LogP contribution in [0.25, 0.3) is 0 Å². The van der Waals surface area contributed by atoms with Gasteiger partial charge in [-0.2, -0.15) is 0 Å². The molecule has 0 aromatic carbocycles. The van der Waals surface area contributed by atoms with E-state index in [1.807, 2.05) is 0 Å². The molecule has 0 spiro atoms. The van der Waals surface area contributed by atoms with Gasteiger partial charge in [-0.05, 0) is 32.9 Å². The van der Waals surface area contributed by atoms with Crippen molar-refractivity contribution >= 4 is 12.3 Å². The second-order valence-corrected chi connectivity index (χ2v) is 4.46. The molecule has 1 aromatic rings. The largest absolute Gasteiger partial charge is 0.460 e. The summed E-state index contributed by atoms with van der Waals surface area (Å²) in [7, 11) is 0. The summed E-state index contributed by atoms with van der Waals surface area (Å²) >= 11 is 0. The molecule has 1 rings (SSSR count). The molecular formula is C12H15NO3. The maximum atomic E-state index is 11.5. The molecule has 0 unspecified atom stereocenters. The Morgan fingerprint density at radius 3 is 2.75 bits per heavy atom. The number of rotatable bonds is 3. The summed E-state index contributed by atoms with van der Waals surface area (Å²) in [6.45, 7) is 5.42. The van der Waals surface area contributed by atoms with Crippen LogP contribution in [0, 0.1) is 0 Å². The third-order valence-corrected chi connectivity index (χ3v) is 1.72. The van der Waals surface area contributed by atoms with Crippen LogP contribution in [0.15, 0.2) is 18.3 Å². The van der Waals surface area contributed by atoms with Crippen molar-refractivity contribution in [3.8, 4) is 0 Å². The van der Waals surface area contributed by atoms with Crippen LogP contribution in [0.3, 0.4) is 0 Å². The van der Waals surface area contributed by atoms with Crippen molar-refractivity contribution in [2.45, 2.75) is 32.8 Å². The van der Waals surface area contributed by atoms with Gasteiger partial charge in [0.15, 0.2) is 0 Å². The standard InChI is InChI=1S/C12H15NO3/c1-12(2,3)16-11(15)7-10-6-9(8-14)4-5-13-10/h4-6,8H,7H2,1-3H3. The maximum absolute atomic E-state index is 11.5. The van der Waals surface area contributed by atoms with Gasteiger partial charge < -0.3 is 4.74 Å². The molecule has 0 aliphatic heterocycles.